The Morgan fingerprint density at radius 1 is 0.583 bits per heavy atom. The van der Waals surface area contributed by atoms with Gasteiger partial charge in [-0.15, -0.1) is 0 Å². The van der Waals surface area contributed by atoms with Gasteiger partial charge in [0.2, 0.25) is 59.1 Å². The fraction of sp³-hybridized carbons (Fsp3) is 0.500. The number of thiol groups is 1. The summed E-state index contributed by atoms with van der Waals surface area (Å²) in [5.41, 5.74) is 11.9. The summed E-state index contributed by atoms with van der Waals surface area (Å²) in [6, 6.07) is 0.874. The first-order chi connectivity index (χ1) is 33.9. The molecule has 396 valence electrons. The Labute approximate surface area is 421 Å². The van der Waals surface area contributed by atoms with Gasteiger partial charge in [-0.05, 0) is 54.2 Å². The van der Waals surface area contributed by atoms with E-state index >= 15 is 0 Å². The number of nitrogens with two attached hydrogens (primary N) is 2. The third kappa shape index (κ3) is 21.0. The second kappa shape index (κ2) is 30.4. The van der Waals surface area contributed by atoms with Gasteiger partial charge in [-0.1, -0.05) is 58.4 Å². The predicted octanol–water partition coefficient (Wildman–Crippen LogP) is -4.45. The minimum absolute atomic E-state index is 0.0326. The predicted molar refractivity (Wildman–Crippen MR) is 262 cm³/mol. The second-order valence-corrected chi connectivity index (χ2v) is 17.6. The van der Waals surface area contributed by atoms with Crippen molar-refractivity contribution < 1.29 is 68.1 Å². The SMILES string of the molecule is CC[C@@H](C)[C@@H](NC(=O)[C@@H](C)N)C(=O)N[C@H](CO)C(=O)N[C@@H](Cc1ccc(O)cc1)C(=O)NCC(=O)N[C@@H](CC(N)=O)C(=O)NCC(=O)N[C@H](C(=O)N[C@H](Cc1ccc(O)cc1)C(=O)N[C@H](C=O)CS)C(C)C. The van der Waals surface area contributed by atoms with Gasteiger partial charge in [0.1, 0.15) is 54.0 Å². The second-order valence-electron chi connectivity index (χ2n) is 17.2. The van der Waals surface area contributed by atoms with Crippen molar-refractivity contribution in [1.29, 1.82) is 0 Å². The summed E-state index contributed by atoms with van der Waals surface area (Å²) in [6.45, 7) is 5.46. The topological polar surface area (TPSA) is 409 Å². The molecule has 0 aromatic heterocycles. The van der Waals surface area contributed by atoms with Crippen LogP contribution in [0.2, 0.25) is 0 Å². The maximum atomic E-state index is 13.6. The van der Waals surface area contributed by atoms with Crippen LogP contribution in [0.3, 0.4) is 0 Å². The molecule has 0 spiro atoms. The Bertz CT molecular complexity index is 2220. The normalized spacial score (nSPS) is 14.7. The van der Waals surface area contributed by atoms with Gasteiger partial charge in [0, 0.05) is 18.6 Å². The Kier molecular flexibility index (Phi) is 25.7. The van der Waals surface area contributed by atoms with E-state index < -0.39 is 145 Å². The Hall–Kier alpha value is -7.32. The average Bonchev–Trinajstić information content (AvgIpc) is 3.33. The molecule has 72 heavy (non-hydrogen) atoms. The molecule has 2 aromatic rings. The summed E-state index contributed by atoms with van der Waals surface area (Å²) in [5, 5.41) is 51.2. The number of aliphatic hydroxyl groups excluding tert-OH is 1. The lowest BCUT2D eigenvalue weighted by Crippen LogP contribution is -2.60. The minimum atomic E-state index is -1.69. The number of carbonyl (C=O) groups excluding carboxylic acids is 11. The van der Waals surface area contributed by atoms with Crippen LogP contribution in [0.4, 0.5) is 0 Å². The molecule has 0 saturated carbocycles. The summed E-state index contributed by atoms with van der Waals surface area (Å²) in [7, 11) is 0. The lowest BCUT2D eigenvalue weighted by atomic mass is 9.97. The van der Waals surface area contributed by atoms with Crippen LogP contribution in [0.25, 0.3) is 0 Å². The van der Waals surface area contributed by atoms with E-state index in [1.54, 1.807) is 27.7 Å². The quantitative estimate of drug-likeness (QED) is 0.0259. The van der Waals surface area contributed by atoms with E-state index in [1.165, 1.54) is 55.5 Å². The van der Waals surface area contributed by atoms with Crippen molar-refractivity contribution in [3.63, 3.8) is 0 Å². The third-order valence-corrected chi connectivity index (χ3v) is 11.3. The van der Waals surface area contributed by atoms with Crippen molar-refractivity contribution in [2.75, 3.05) is 25.4 Å². The number of nitrogens with one attached hydrogen (secondary N) is 9. The van der Waals surface area contributed by atoms with Crippen molar-refractivity contribution in [1.82, 2.24) is 47.9 Å². The summed E-state index contributed by atoms with van der Waals surface area (Å²) in [4.78, 5) is 142. The average molecular weight is 1030 g/mol. The molecule has 0 heterocycles. The number of phenolic OH excluding ortho intramolecular Hbond substituents is 2. The van der Waals surface area contributed by atoms with Crippen LogP contribution < -0.4 is 59.3 Å². The molecule has 0 aliphatic carbocycles. The molecule has 0 aliphatic rings. The van der Waals surface area contributed by atoms with Crippen LogP contribution >= 0.6 is 12.6 Å². The number of aromatic hydroxyl groups is 2. The van der Waals surface area contributed by atoms with Crippen LogP contribution in [0.5, 0.6) is 11.5 Å². The van der Waals surface area contributed by atoms with E-state index in [0.29, 0.717) is 23.8 Å². The van der Waals surface area contributed by atoms with E-state index in [1.807, 2.05) is 0 Å². The molecule has 0 bridgehead atoms. The van der Waals surface area contributed by atoms with Crippen molar-refractivity contribution in [3.05, 3.63) is 59.7 Å². The fourth-order valence-electron chi connectivity index (χ4n) is 6.53. The number of rotatable bonds is 30. The molecule has 2 rings (SSSR count). The fourth-order valence-corrected chi connectivity index (χ4v) is 6.71. The number of carbonyl (C=O) groups is 11. The minimum Gasteiger partial charge on any atom is -0.508 e. The zero-order chi connectivity index (χ0) is 54.2. The molecule has 25 nitrogen and oxygen atoms in total. The van der Waals surface area contributed by atoms with E-state index in [0.717, 1.165) is 0 Å². The van der Waals surface area contributed by atoms with Gasteiger partial charge in [0.05, 0.1) is 38.2 Å². The first-order valence-electron chi connectivity index (χ1n) is 22.9. The van der Waals surface area contributed by atoms with E-state index in [4.69, 9.17) is 11.5 Å². The highest BCUT2D eigenvalue weighted by molar-refractivity contribution is 7.80. The zero-order valence-corrected chi connectivity index (χ0v) is 41.5. The van der Waals surface area contributed by atoms with Gasteiger partial charge in [-0.2, -0.15) is 12.6 Å². The molecule has 0 radical (unpaired) electrons. The van der Waals surface area contributed by atoms with Gasteiger partial charge < -0.3 is 79.4 Å². The van der Waals surface area contributed by atoms with Gasteiger partial charge in [-0.3, -0.25) is 47.9 Å². The molecule has 26 heteroatoms. The highest BCUT2D eigenvalue weighted by atomic mass is 32.1. The monoisotopic (exact) mass is 1030 g/mol. The summed E-state index contributed by atoms with van der Waals surface area (Å²) >= 11 is 4.04. The molecule has 16 N–H and O–H groups in total. The van der Waals surface area contributed by atoms with E-state index in [9.17, 15) is 68.1 Å². The number of aldehydes is 1. The highest BCUT2D eigenvalue weighted by Gasteiger charge is 2.34. The van der Waals surface area contributed by atoms with Crippen LogP contribution in [0, 0.1) is 11.8 Å². The van der Waals surface area contributed by atoms with Crippen LogP contribution in [0.1, 0.15) is 58.6 Å². The number of benzene rings is 2. The van der Waals surface area contributed by atoms with Gasteiger partial charge in [0.15, 0.2) is 0 Å². The molecule has 0 fully saturated rings. The van der Waals surface area contributed by atoms with Crippen molar-refractivity contribution >= 4 is 78.0 Å². The summed E-state index contributed by atoms with van der Waals surface area (Å²) in [6.07, 6.45) is -0.191. The molecule has 0 aliphatic heterocycles. The third-order valence-electron chi connectivity index (χ3n) is 10.9. The van der Waals surface area contributed by atoms with Gasteiger partial charge in [-0.25, -0.2) is 0 Å². The smallest absolute Gasteiger partial charge is 0.245 e. The van der Waals surface area contributed by atoms with Crippen LogP contribution in [0.15, 0.2) is 48.5 Å². The lowest BCUT2D eigenvalue weighted by Gasteiger charge is -2.27. The van der Waals surface area contributed by atoms with E-state index in [-0.39, 0.29) is 30.1 Å². The first-order valence-corrected chi connectivity index (χ1v) is 23.5. The number of phenols is 2. The van der Waals surface area contributed by atoms with E-state index in [2.05, 4.69) is 60.5 Å². The molecule has 2 aromatic carbocycles. The van der Waals surface area contributed by atoms with Gasteiger partial charge >= 0.3 is 0 Å². The standard InChI is InChI=1S/C46H67N11O14S/c1-6-24(4)39(57-40(65)25(5)47)46(71)55-34(21-59)44(69)53-31(15-26-7-11-29(60)12-8-26)41(66)49-18-36(63)52-33(17-35(48)62)42(67)50-19-37(64)56-38(23(2)3)45(70)54-32(43(68)51-28(20-58)22-72)16-27-9-13-30(61)14-10-27/h7-14,20,23-25,28,31-34,38-39,59-61,72H,6,15-19,21-22,47H2,1-5H3,(H2,48,62)(H,49,66)(H,50,67)(H,51,68)(H,52,63)(H,53,69)(H,54,70)(H,55,71)(H,56,64)(H,57,65)/t24-,25-,28-,31+,32-,33+,34-,38+,39-/m1/s1. The summed E-state index contributed by atoms with van der Waals surface area (Å²) in [5.74, 6) is -10.3. The number of hydrogen-bond donors (Lipinski definition) is 15. The van der Waals surface area contributed by atoms with Crippen molar-refractivity contribution in [2.45, 2.75) is 109 Å². The number of aliphatic hydroxyl groups is 1. The zero-order valence-electron chi connectivity index (χ0n) is 40.6. The first kappa shape index (κ1) is 60.8. The molecular formula is C46H67N11O14S. The van der Waals surface area contributed by atoms with Crippen molar-refractivity contribution in [3.8, 4) is 11.5 Å². The Balaban J connectivity index is 2.17. The maximum absolute atomic E-state index is 13.6. The maximum Gasteiger partial charge on any atom is 0.245 e. The lowest BCUT2D eigenvalue weighted by molar-refractivity contribution is -0.135. The Morgan fingerprint density at radius 2 is 1.03 bits per heavy atom. The number of amides is 10. The van der Waals surface area contributed by atoms with Crippen LogP contribution in [-0.2, 0) is 65.6 Å². The summed E-state index contributed by atoms with van der Waals surface area (Å²) < 4.78 is 0. The van der Waals surface area contributed by atoms with Gasteiger partial charge in [0.25, 0.3) is 0 Å². The van der Waals surface area contributed by atoms with Crippen molar-refractivity contribution in [2.24, 2.45) is 23.3 Å². The molecule has 0 saturated heterocycles. The number of hydrogen-bond acceptors (Lipinski definition) is 16. The largest absolute Gasteiger partial charge is 0.508 e. The molecule has 9 atom stereocenters. The molecule has 10 amide bonds. The highest BCUT2D eigenvalue weighted by Crippen LogP contribution is 2.14. The molecule has 0 unspecified atom stereocenters. The molecular weight excluding hydrogens is 963 g/mol. The Morgan fingerprint density at radius 3 is 1.47 bits per heavy atom. The van der Waals surface area contributed by atoms with Crippen LogP contribution in [-0.4, -0.2) is 154 Å². The number of primary amides is 1.